The number of carbonyl (C=O) groups is 1. The van der Waals surface area contributed by atoms with Gasteiger partial charge in [0.25, 0.3) is 5.91 Å². The van der Waals surface area contributed by atoms with Gasteiger partial charge < -0.3 is 10.1 Å². The van der Waals surface area contributed by atoms with Crippen LogP contribution in [0.15, 0.2) is 47.4 Å². The van der Waals surface area contributed by atoms with Crippen molar-refractivity contribution in [1.82, 2.24) is 0 Å². The summed E-state index contributed by atoms with van der Waals surface area (Å²) in [6.45, 7) is 2.08. The van der Waals surface area contributed by atoms with Gasteiger partial charge in [0.15, 0.2) is 9.84 Å². The van der Waals surface area contributed by atoms with Crippen molar-refractivity contribution >= 4 is 21.4 Å². The van der Waals surface area contributed by atoms with Gasteiger partial charge in [-0.2, -0.15) is 0 Å². The molecule has 0 bridgehead atoms. The Bertz CT molecular complexity index is 816. The van der Waals surface area contributed by atoms with Crippen molar-refractivity contribution in [3.63, 3.8) is 0 Å². The largest absolute Gasteiger partial charge is 0.492 e. The van der Waals surface area contributed by atoms with E-state index in [9.17, 15) is 17.6 Å². The summed E-state index contributed by atoms with van der Waals surface area (Å²) in [5, 5.41) is 2.62. The minimum atomic E-state index is -3.32. The van der Waals surface area contributed by atoms with Gasteiger partial charge in [0.2, 0.25) is 0 Å². The van der Waals surface area contributed by atoms with Gasteiger partial charge in [0.1, 0.15) is 11.6 Å². The van der Waals surface area contributed by atoms with E-state index >= 15 is 0 Å². The monoisotopic (exact) mass is 337 g/mol. The molecule has 0 aliphatic rings. The number of nitrogens with one attached hydrogen (secondary N) is 1. The predicted molar refractivity (Wildman–Crippen MR) is 85.1 cm³/mol. The molecule has 0 fully saturated rings. The Morgan fingerprint density at radius 2 is 1.83 bits per heavy atom. The Balaban J connectivity index is 2.22. The smallest absolute Gasteiger partial charge is 0.255 e. The lowest BCUT2D eigenvalue weighted by Gasteiger charge is -2.11. The zero-order valence-electron chi connectivity index (χ0n) is 12.7. The molecule has 5 nitrogen and oxygen atoms in total. The van der Waals surface area contributed by atoms with Crippen LogP contribution in [0.4, 0.5) is 10.1 Å². The molecule has 0 saturated carbocycles. The lowest BCUT2D eigenvalue weighted by atomic mass is 10.2. The molecule has 0 spiro atoms. The summed E-state index contributed by atoms with van der Waals surface area (Å²) >= 11 is 0. The van der Waals surface area contributed by atoms with Crippen molar-refractivity contribution in [2.24, 2.45) is 0 Å². The lowest BCUT2D eigenvalue weighted by Crippen LogP contribution is -2.13. The first-order valence-electron chi connectivity index (χ1n) is 6.85. The molecule has 2 rings (SSSR count). The van der Waals surface area contributed by atoms with Gasteiger partial charge in [-0.15, -0.1) is 0 Å². The zero-order valence-corrected chi connectivity index (χ0v) is 13.5. The van der Waals surface area contributed by atoms with Crippen molar-refractivity contribution in [2.45, 2.75) is 11.8 Å². The number of anilines is 1. The van der Waals surface area contributed by atoms with Gasteiger partial charge in [-0.25, -0.2) is 12.8 Å². The Labute approximate surface area is 134 Å². The molecule has 0 aliphatic carbocycles. The summed E-state index contributed by atoms with van der Waals surface area (Å²) in [6.07, 6.45) is 1.09. The minimum absolute atomic E-state index is 0.130. The summed E-state index contributed by atoms with van der Waals surface area (Å²) in [4.78, 5) is 12.3. The normalized spacial score (nSPS) is 11.1. The first-order chi connectivity index (χ1) is 10.8. The summed E-state index contributed by atoms with van der Waals surface area (Å²) in [6, 6.07) is 9.35. The van der Waals surface area contributed by atoms with Crippen LogP contribution >= 0.6 is 0 Å². The second-order valence-electron chi connectivity index (χ2n) is 4.82. The van der Waals surface area contributed by atoms with Crippen molar-refractivity contribution in [3.8, 4) is 5.75 Å². The van der Waals surface area contributed by atoms with Crippen molar-refractivity contribution in [3.05, 3.63) is 53.8 Å². The molecule has 0 radical (unpaired) electrons. The van der Waals surface area contributed by atoms with Crippen LogP contribution in [-0.4, -0.2) is 27.2 Å². The number of hydrogen-bond donors (Lipinski definition) is 1. The van der Waals surface area contributed by atoms with Gasteiger partial charge in [-0.1, -0.05) is 0 Å². The molecule has 0 atom stereocenters. The van der Waals surface area contributed by atoms with Gasteiger partial charge in [0.05, 0.1) is 17.2 Å². The van der Waals surface area contributed by atoms with Crippen LogP contribution in [0.1, 0.15) is 17.3 Å². The highest BCUT2D eigenvalue weighted by atomic mass is 32.2. The molecule has 2 aromatic carbocycles. The average Bonchev–Trinajstić information content (AvgIpc) is 2.49. The van der Waals surface area contributed by atoms with Crippen molar-refractivity contribution < 1.29 is 22.3 Å². The Morgan fingerprint density at radius 3 is 2.39 bits per heavy atom. The van der Waals surface area contributed by atoms with Crippen LogP contribution in [0, 0.1) is 5.82 Å². The van der Waals surface area contributed by atoms with Gasteiger partial charge >= 0.3 is 0 Å². The highest BCUT2D eigenvalue weighted by Crippen LogP contribution is 2.26. The molecular formula is C16H16FNO4S. The molecule has 1 N–H and O–H groups in total. The quantitative estimate of drug-likeness (QED) is 0.910. The van der Waals surface area contributed by atoms with E-state index in [2.05, 4.69) is 5.32 Å². The summed E-state index contributed by atoms with van der Waals surface area (Å²) in [5.41, 5.74) is 0.620. The maximum Gasteiger partial charge on any atom is 0.255 e. The SMILES string of the molecule is CCOc1cc(F)ccc1NC(=O)c1ccc(S(C)(=O)=O)cc1. The van der Waals surface area contributed by atoms with E-state index in [4.69, 9.17) is 4.74 Å². The maximum absolute atomic E-state index is 13.2. The number of benzene rings is 2. The molecule has 0 heterocycles. The van der Waals surface area contributed by atoms with Crippen LogP contribution in [0.3, 0.4) is 0 Å². The second-order valence-corrected chi connectivity index (χ2v) is 6.84. The lowest BCUT2D eigenvalue weighted by molar-refractivity contribution is 0.102. The first-order valence-corrected chi connectivity index (χ1v) is 8.74. The number of amides is 1. The highest BCUT2D eigenvalue weighted by Gasteiger charge is 2.12. The molecule has 0 unspecified atom stereocenters. The number of ether oxygens (including phenoxy) is 1. The van der Waals surface area contributed by atoms with Gasteiger partial charge in [-0.05, 0) is 43.3 Å². The fraction of sp³-hybridized carbons (Fsp3) is 0.188. The van der Waals surface area contributed by atoms with Crippen LogP contribution < -0.4 is 10.1 Å². The standard InChI is InChI=1S/C16H16FNO4S/c1-3-22-15-10-12(17)6-9-14(15)18-16(19)11-4-7-13(8-5-11)23(2,20)21/h4-10H,3H2,1-2H3,(H,18,19). The molecule has 0 saturated heterocycles. The fourth-order valence-corrected chi connectivity index (χ4v) is 2.55. The van der Waals surface area contributed by atoms with E-state index < -0.39 is 21.6 Å². The average molecular weight is 337 g/mol. The number of halogens is 1. The Hall–Kier alpha value is -2.41. The highest BCUT2D eigenvalue weighted by molar-refractivity contribution is 7.90. The molecule has 122 valence electrons. The number of sulfone groups is 1. The molecule has 23 heavy (non-hydrogen) atoms. The van der Waals surface area contributed by atoms with Crippen molar-refractivity contribution in [2.75, 3.05) is 18.2 Å². The minimum Gasteiger partial charge on any atom is -0.492 e. The van der Waals surface area contributed by atoms with Crippen LogP contribution in [0.25, 0.3) is 0 Å². The van der Waals surface area contributed by atoms with E-state index in [1.165, 1.54) is 42.5 Å². The first kappa shape index (κ1) is 17.0. The van der Waals surface area contributed by atoms with Crippen molar-refractivity contribution in [1.29, 1.82) is 0 Å². The molecule has 0 aromatic heterocycles. The molecule has 0 aliphatic heterocycles. The van der Waals surface area contributed by atoms with Gasteiger partial charge in [-0.3, -0.25) is 4.79 Å². The number of carbonyl (C=O) groups excluding carboxylic acids is 1. The van der Waals surface area contributed by atoms with E-state index in [-0.39, 0.29) is 16.2 Å². The Kier molecular flexibility index (Phi) is 5.00. The number of hydrogen-bond acceptors (Lipinski definition) is 4. The van der Waals surface area contributed by atoms with Gasteiger partial charge in [0, 0.05) is 17.9 Å². The summed E-state index contributed by atoms with van der Waals surface area (Å²) < 4.78 is 41.3. The molecular weight excluding hydrogens is 321 g/mol. The summed E-state index contributed by atoms with van der Waals surface area (Å²) in [7, 11) is -3.32. The fourth-order valence-electron chi connectivity index (χ4n) is 1.92. The topological polar surface area (TPSA) is 72.5 Å². The third-order valence-corrected chi connectivity index (χ3v) is 4.16. The second kappa shape index (κ2) is 6.78. The zero-order chi connectivity index (χ0) is 17.0. The molecule has 1 amide bonds. The van der Waals surface area contributed by atoms with Crippen LogP contribution in [0.2, 0.25) is 0 Å². The predicted octanol–water partition coefficient (Wildman–Crippen LogP) is 2.88. The van der Waals surface area contributed by atoms with Crippen LogP contribution in [0.5, 0.6) is 5.75 Å². The Morgan fingerprint density at radius 1 is 1.17 bits per heavy atom. The maximum atomic E-state index is 13.2. The van der Waals surface area contributed by atoms with E-state index in [0.29, 0.717) is 12.3 Å². The summed E-state index contributed by atoms with van der Waals surface area (Å²) in [5.74, 6) is -0.685. The van der Waals surface area contributed by atoms with Crippen LogP contribution in [-0.2, 0) is 9.84 Å². The molecule has 2 aromatic rings. The third kappa shape index (κ3) is 4.29. The third-order valence-electron chi connectivity index (χ3n) is 3.04. The molecule has 7 heteroatoms. The van der Waals surface area contributed by atoms with E-state index in [1.54, 1.807) is 6.92 Å². The van der Waals surface area contributed by atoms with E-state index in [1.807, 2.05) is 0 Å². The van der Waals surface area contributed by atoms with E-state index in [0.717, 1.165) is 6.26 Å². The number of rotatable bonds is 5.